The molecule has 0 saturated carbocycles. The molecule has 0 saturated heterocycles. The van der Waals surface area contributed by atoms with E-state index in [1.807, 2.05) is 65.4 Å². The van der Waals surface area contributed by atoms with Crippen LogP contribution in [0.1, 0.15) is 15.9 Å². The summed E-state index contributed by atoms with van der Waals surface area (Å²) in [5.74, 6) is 0.634. The molecule has 6 heteroatoms. The molecule has 1 amide bonds. The Bertz CT molecular complexity index is 1130. The summed E-state index contributed by atoms with van der Waals surface area (Å²) < 4.78 is 1.84. The first kappa shape index (κ1) is 14.7. The van der Waals surface area contributed by atoms with E-state index in [0.29, 0.717) is 17.9 Å². The molecule has 5 rings (SSSR count). The number of hydrogen-bond donors (Lipinski definition) is 2. The van der Waals surface area contributed by atoms with E-state index >= 15 is 0 Å². The van der Waals surface area contributed by atoms with Crippen molar-refractivity contribution in [1.82, 2.24) is 19.9 Å². The van der Waals surface area contributed by atoms with Crippen LogP contribution in [0.25, 0.3) is 16.6 Å². The normalized spacial score (nSPS) is 12.8. The highest BCUT2D eigenvalue weighted by Gasteiger charge is 2.27. The Hall–Kier alpha value is -3.67. The number of hydrogen-bond acceptors (Lipinski definition) is 4. The molecule has 0 bridgehead atoms. The van der Waals surface area contributed by atoms with Crippen molar-refractivity contribution < 1.29 is 4.79 Å². The number of aromatic nitrogens is 3. The van der Waals surface area contributed by atoms with Gasteiger partial charge in [0.25, 0.3) is 5.91 Å². The van der Waals surface area contributed by atoms with E-state index in [4.69, 9.17) is 0 Å². The highest BCUT2D eigenvalue weighted by Crippen LogP contribution is 2.36. The lowest BCUT2D eigenvalue weighted by Gasteiger charge is -2.12. The number of amides is 1. The van der Waals surface area contributed by atoms with E-state index < -0.39 is 0 Å². The monoisotopic (exact) mass is 341 g/mol. The minimum Gasteiger partial charge on any atom is -0.348 e. The summed E-state index contributed by atoms with van der Waals surface area (Å²) in [5.41, 5.74) is 5.46. The Labute approximate surface area is 149 Å². The van der Waals surface area contributed by atoms with Crippen molar-refractivity contribution in [2.45, 2.75) is 6.54 Å². The van der Waals surface area contributed by atoms with Crippen molar-refractivity contribution in [3.05, 3.63) is 78.2 Å². The fourth-order valence-electron chi connectivity index (χ4n) is 3.42. The Morgan fingerprint density at radius 3 is 2.85 bits per heavy atom. The van der Waals surface area contributed by atoms with Gasteiger partial charge in [-0.2, -0.15) is 5.10 Å². The van der Waals surface area contributed by atoms with E-state index in [1.165, 1.54) is 0 Å². The molecule has 1 aromatic carbocycles. The Morgan fingerprint density at radius 1 is 1.04 bits per heavy atom. The number of anilines is 2. The van der Waals surface area contributed by atoms with Crippen LogP contribution in [0.2, 0.25) is 0 Å². The van der Waals surface area contributed by atoms with Crippen molar-refractivity contribution in [2.24, 2.45) is 0 Å². The third-order valence-corrected chi connectivity index (χ3v) is 4.61. The van der Waals surface area contributed by atoms with Gasteiger partial charge < -0.3 is 10.6 Å². The average molecular weight is 341 g/mol. The van der Waals surface area contributed by atoms with Crippen LogP contribution in [0, 0.1) is 0 Å². The maximum absolute atomic E-state index is 12.5. The van der Waals surface area contributed by atoms with Crippen LogP contribution < -0.4 is 10.6 Å². The lowest BCUT2D eigenvalue weighted by Crippen LogP contribution is -2.13. The smallest absolute Gasteiger partial charge is 0.254 e. The fraction of sp³-hybridized carbons (Fsp3) is 0.0500. The third-order valence-electron chi connectivity index (χ3n) is 4.61. The van der Waals surface area contributed by atoms with E-state index in [0.717, 1.165) is 27.9 Å². The first-order chi connectivity index (χ1) is 12.8. The standard InChI is InChI=1S/C20H15N5O/c26-20-19-15(11-22-20)13(14-12-23-25-10-4-2-5-17(14)25)7-8-16(19)24-18-6-1-3-9-21-18/h1-10,12H,11H2,(H,21,24)(H,22,26). The summed E-state index contributed by atoms with van der Waals surface area (Å²) in [6, 6.07) is 15.6. The van der Waals surface area contributed by atoms with Gasteiger partial charge >= 0.3 is 0 Å². The molecule has 0 unspecified atom stereocenters. The lowest BCUT2D eigenvalue weighted by molar-refractivity contribution is 0.0966. The molecular formula is C20H15N5O. The average Bonchev–Trinajstić information content (AvgIpc) is 3.28. The molecule has 1 aliphatic heterocycles. The molecule has 1 aliphatic rings. The number of nitrogens with one attached hydrogen (secondary N) is 2. The number of benzene rings is 1. The summed E-state index contributed by atoms with van der Waals surface area (Å²) in [6.07, 6.45) is 5.48. The van der Waals surface area contributed by atoms with Gasteiger partial charge in [0, 0.05) is 24.5 Å². The summed E-state index contributed by atoms with van der Waals surface area (Å²) in [4.78, 5) is 16.8. The molecule has 0 spiro atoms. The highest BCUT2D eigenvalue weighted by molar-refractivity contribution is 6.06. The second-order valence-electron chi connectivity index (χ2n) is 6.13. The van der Waals surface area contributed by atoms with Crippen LogP contribution >= 0.6 is 0 Å². The summed E-state index contributed by atoms with van der Waals surface area (Å²) in [7, 11) is 0. The van der Waals surface area contributed by atoms with Gasteiger partial charge in [0.05, 0.1) is 23.0 Å². The molecule has 3 aromatic heterocycles. The molecular weight excluding hydrogens is 326 g/mol. The van der Waals surface area contributed by atoms with Gasteiger partial charge in [-0.1, -0.05) is 18.2 Å². The molecule has 0 fully saturated rings. The fourth-order valence-corrected chi connectivity index (χ4v) is 3.42. The number of pyridine rings is 2. The molecule has 0 aliphatic carbocycles. The van der Waals surface area contributed by atoms with Crippen LogP contribution in [0.4, 0.5) is 11.5 Å². The quantitative estimate of drug-likeness (QED) is 0.599. The van der Waals surface area contributed by atoms with Crippen LogP contribution in [-0.2, 0) is 6.54 Å². The minimum absolute atomic E-state index is 0.0724. The summed E-state index contributed by atoms with van der Waals surface area (Å²) in [5, 5.41) is 10.6. The van der Waals surface area contributed by atoms with Gasteiger partial charge in [-0.25, -0.2) is 9.50 Å². The Morgan fingerprint density at radius 2 is 1.96 bits per heavy atom. The van der Waals surface area contributed by atoms with E-state index in [-0.39, 0.29) is 5.91 Å². The Kier molecular flexibility index (Phi) is 3.21. The molecule has 6 nitrogen and oxygen atoms in total. The van der Waals surface area contributed by atoms with Crippen molar-refractivity contribution in [3.63, 3.8) is 0 Å². The van der Waals surface area contributed by atoms with Gasteiger partial charge in [-0.15, -0.1) is 0 Å². The maximum atomic E-state index is 12.5. The number of nitrogens with zero attached hydrogens (tertiary/aromatic N) is 3. The molecule has 0 radical (unpaired) electrons. The van der Waals surface area contributed by atoms with Crippen molar-refractivity contribution >= 4 is 22.9 Å². The maximum Gasteiger partial charge on any atom is 0.254 e. The Balaban J connectivity index is 1.66. The van der Waals surface area contributed by atoms with E-state index in [2.05, 4.69) is 20.7 Å². The van der Waals surface area contributed by atoms with Gasteiger partial charge in [0.15, 0.2) is 0 Å². The first-order valence-electron chi connectivity index (χ1n) is 8.36. The van der Waals surface area contributed by atoms with Crippen molar-refractivity contribution in [2.75, 3.05) is 5.32 Å². The largest absolute Gasteiger partial charge is 0.348 e. The lowest BCUT2D eigenvalue weighted by atomic mass is 9.96. The molecule has 26 heavy (non-hydrogen) atoms. The zero-order valence-corrected chi connectivity index (χ0v) is 13.8. The van der Waals surface area contributed by atoms with Crippen LogP contribution in [0.5, 0.6) is 0 Å². The van der Waals surface area contributed by atoms with Gasteiger partial charge in [0.1, 0.15) is 5.82 Å². The molecule has 2 N–H and O–H groups in total. The summed E-state index contributed by atoms with van der Waals surface area (Å²) in [6.45, 7) is 0.505. The van der Waals surface area contributed by atoms with Gasteiger partial charge in [0.2, 0.25) is 0 Å². The zero-order chi connectivity index (χ0) is 17.5. The second-order valence-corrected chi connectivity index (χ2v) is 6.13. The highest BCUT2D eigenvalue weighted by atomic mass is 16.1. The van der Waals surface area contributed by atoms with Crippen LogP contribution in [0.3, 0.4) is 0 Å². The van der Waals surface area contributed by atoms with E-state index in [9.17, 15) is 4.79 Å². The molecule has 126 valence electrons. The minimum atomic E-state index is -0.0724. The molecule has 4 heterocycles. The molecule has 0 atom stereocenters. The topological polar surface area (TPSA) is 71.3 Å². The second kappa shape index (κ2) is 5.70. The van der Waals surface area contributed by atoms with E-state index in [1.54, 1.807) is 6.20 Å². The van der Waals surface area contributed by atoms with Gasteiger partial charge in [-0.05, 0) is 41.5 Å². The summed E-state index contributed by atoms with van der Waals surface area (Å²) >= 11 is 0. The SMILES string of the molecule is O=C1NCc2c(-c3cnn4ccccc34)ccc(Nc3ccccn3)c21. The van der Waals surface area contributed by atoms with Crippen LogP contribution in [0.15, 0.2) is 67.1 Å². The predicted octanol–water partition coefficient (Wildman–Crippen LogP) is 3.38. The number of rotatable bonds is 3. The molecule has 4 aromatic rings. The van der Waals surface area contributed by atoms with Crippen LogP contribution in [-0.4, -0.2) is 20.5 Å². The number of fused-ring (bicyclic) bond motifs is 2. The van der Waals surface area contributed by atoms with Crippen molar-refractivity contribution in [3.8, 4) is 11.1 Å². The first-order valence-corrected chi connectivity index (χ1v) is 8.36. The number of carbonyl (C=O) groups is 1. The number of carbonyl (C=O) groups excluding carboxylic acids is 1. The third kappa shape index (κ3) is 2.23. The van der Waals surface area contributed by atoms with Gasteiger partial charge in [-0.3, -0.25) is 4.79 Å². The predicted molar refractivity (Wildman–Crippen MR) is 99.3 cm³/mol. The zero-order valence-electron chi connectivity index (χ0n) is 13.8. The van der Waals surface area contributed by atoms with Crippen molar-refractivity contribution in [1.29, 1.82) is 0 Å².